The summed E-state index contributed by atoms with van der Waals surface area (Å²) >= 11 is 2.08. The van der Waals surface area contributed by atoms with Crippen LogP contribution >= 0.6 is 35.7 Å². The topological polar surface area (TPSA) is 46.1 Å². The normalized spacial score (nSPS) is 19.8. The monoisotopic (exact) mass is 463 g/mol. The molecular formula is C17H26IN3O2S. The largest absolute Gasteiger partial charge is 0.454 e. The summed E-state index contributed by atoms with van der Waals surface area (Å²) < 4.78 is 10.8. The standard InChI is InChI=1S/C17H25N3O2S.HI/c1-3-14-11-20(7-8-23-14)17(18-4-2)19-10-13-5-6-15-16(9-13)22-12-21-15;/h5-6,9,14H,3-4,7-8,10-12H2,1-2H3,(H,18,19);1H. The van der Waals surface area contributed by atoms with E-state index in [0.29, 0.717) is 18.6 Å². The molecular weight excluding hydrogens is 437 g/mol. The maximum atomic E-state index is 5.44. The van der Waals surface area contributed by atoms with Gasteiger partial charge in [-0.25, -0.2) is 4.99 Å². The molecule has 0 saturated carbocycles. The van der Waals surface area contributed by atoms with Crippen molar-refractivity contribution in [2.24, 2.45) is 4.99 Å². The molecule has 0 amide bonds. The Morgan fingerprint density at radius 1 is 1.33 bits per heavy atom. The summed E-state index contributed by atoms with van der Waals surface area (Å²) in [5, 5.41) is 4.14. The van der Waals surface area contributed by atoms with Crippen LogP contribution in [0.5, 0.6) is 11.5 Å². The highest BCUT2D eigenvalue weighted by Gasteiger charge is 2.21. The number of fused-ring (bicyclic) bond motifs is 1. The molecule has 0 radical (unpaired) electrons. The van der Waals surface area contributed by atoms with Crippen LogP contribution in [0.3, 0.4) is 0 Å². The fourth-order valence-electron chi connectivity index (χ4n) is 2.79. The highest BCUT2D eigenvalue weighted by atomic mass is 127. The lowest BCUT2D eigenvalue weighted by molar-refractivity contribution is 0.174. The summed E-state index contributed by atoms with van der Waals surface area (Å²) in [6.07, 6.45) is 1.21. The van der Waals surface area contributed by atoms with Gasteiger partial charge in [0.1, 0.15) is 0 Å². The number of rotatable bonds is 4. The smallest absolute Gasteiger partial charge is 0.231 e. The van der Waals surface area contributed by atoms with Crippen LogP contribution < -0.4 is 14.8 Å². The van der Waals surface area contributed by atoms with Gasteiger partial charge < -0.3 is 19.7 Å². The summed E-state index contributed by atoms with van der Waals surface area (Å²) in [6, 6.07) is 6.04. The molecule has 0 aromatic heterocycles. The molecule has 2 heterocycles. The van der Waals surface area contributed by atoms with E-state index in [2.05, 4.69) is 41.9 Å². The van der Waals surface area contributed by atoms with Crippen LogP contribution in [0.25, 0.3) is 0 Å². The van der Waals surface area contributed by atoms with Crippen LogP contribution in [0.1, 0.15) is 25.8 Å². The van der Waals surface area contributed by atoms with Crippen LogP contribution in [0, 0.1) is 0 Å². The third-order valence-corrected chi connectivity index (χ3v) is 5.45. The predicted molar refractivity (Wildman–Crippen MR) is 111 cm³/mol. The minimum atomic E-state index is 0. The van der Waals surface area contributed by atoms with E-state index in [1.165, 1.54) is 12.2 Å². The average Bonchev–Trinajstić information content (AvgIpc) is 3.06. The second-order valence-corrected chi connectivity index (χ2v) is 7.11. The molecule has 1 fully saturated rings. The van der Waals surface area contributed by atoms with Crippen molar-refractivity contribution in [3.05, 3.63) is 23.8 Å². The van der Waals surface area contributed by atoms with Crippen LogP contribution in [0.2, 0.25) is 0 Å². The number of benzene rings is 1. The van der Waals surface area contributed by atoms with E-state index in [4.69, 9.17) is 14.5 Å². The number of ether oxygens (including phenoxy) is 2. The van der Waals surface area contributed by atoms with Gasteiger partial charge in [-0.05, 0) is 31.0 Å². The minimum Gasteiger partial charge on any atom is -0.454 e. The van der Waals surface area contributed by atoms with E-state index in [9.17, 15) is 0 Å². The van der Waals surface area contributed by atoms with Gasteiger partial charge in [0.25, 0.3) is 0 Å². The summed E-state index contributed by atoms with van der Waals surface area (Å²) in [4.78, 5) is 7.22. The van der Waals surface area contributed by atoms with Gasteiger partial charge in [0.15, 0.2) is 17.5 Å². The molecule has 1 saturated heterocycles. The summed E-state index contributed by atoms with van der Waals surface area (Å²) in [5.41, 5.74) is 1.14. The molecule has 3 rings (SSSR count). The quantitative estimate of drug-likeness (QED) is 0.422. The third kappa shape index (κ3) is 4.84. The zero-order valence-electron chi connectivity index (χ0n) is 14.3. The molecule has 0 aliphatic carbocycles. The van der Waals surface area contributed by atoms with Crippen LogP contribution in [-0.2, 0) is 6.54 Å². The van der Waals surface area contributed by atoms with Crippen LogP contribution in [-0.4, -0.2) is 48.3 Å². The second kappa shape index (κ2) is 9.60. The number of halogens is 1. The van der Waals surface area contributed by atoms with E-state index in [1.54, 1.807) is 0 Å². The van der Waals surface area contributed by atoms with Crippen molar-refractivity contribution in [3.8, 4) is 11.5 Å². The molecule has 1 atom stereocenters. The zero-order valence-corrected chi connectivity index (χ0v) is 17.4. The summed E-state index contributed by atoms with van der Waals surface area (Å²) in [5.74, 6) is 3.84. The minimum absolute atomic E-state index is 0. The Balaban J connectivity index is 0.00000208. The van der Waals surface area contributed by atoms with E-state index < -0.39 is 0 Å². The predicted octanol–water partition coefficient (Wildman–Crippen LogP) is 3.33. The second-order valence-electron chi connectivity index (χ2n) is 5.70. The molecule has 24 heavy (non-hydrogen) atoms. The molecule has 0 spiro atoms. The lowest BCUT2D eigenvalue weighted by Gasteiger charge is -2.34. The highest BCUT2D eigenvalue weighted by molar-refractivity contribution is 14.0. The lowest BCUT2D eigenvalue weighted by Crippen LogP contribution is -2.48. The Morgan fingerprint density at radius 3 is 2.96 bits per heavy atom. The van der Waals surface area contributed by atoms with E-state index in [1.807, 2.05) is 12.1 Å². The number of nitrogens with one attached hydrogen (secondary N) is 1. The Hall–Kier alpha value is -0.830. The van der Waals surface area contributed by atoms with Crippen molar-refractivity contribution < 1.29 is 9.47 Å². The summed E-state index contributed by atoms with van der Waals surface area (Å²) in [6.45, 7) is 8.38. The van der Waals surface area contributed by atoms with Gasteiger partial charge in [-0.2, -0.15) is 11.8 Å². The SMILES string of the molecule is CCNC(=NCc1ccc2c(c1)OCO2)N1CCSC(CC)C1.I. The van der Waals surface area contributed by atoms with Crippen molar-refractivity contribution in [1.29, 1.82) is 0 Å². The molecule has 2 aliphatic rings. The Morgan fingerprint density at radius 2 is 2.17 bits per heavy atom. The van der Waals surface area contributed by atoms with Gasteiger partial charge in [0.05, 0.1) is 6.54 Å². The van der Waals surface area contributed by atoms with Gasteiger partial charge in [-0.3, -0.25) is 0 Å². The first-order valence-corrected chi connectivity index (χ1v) is 9.38. The first kappa shape index (κ1) is 19.5. The van der Waals surface area contributed by atoms with Gasteiger partial charge in [0, 0.05) is 30.6 Å². The third-order valence-electron chi connectivity index (χ3n) is 4.08. The number of guanidine groups is 1. The average molecular weight is 463 g/mol. The molecule has 1 aromatic carbocycles. The fraction of sp³-hybridized carbons (Fsp3) is 0.588. The first-order chi connectivity index (χ1) is 11.3. The Bertz CT molecular complexity index is 571. The van der Waals surface area contributed by atoms with Gasteiger partial charge in [0.2, 0.25) is 6.79 Å². The molecule has 0 bridgehead atoms. The van der Waals surface area contributed by atoms with Gasteiger partial charge in [-0.15, -0.1) is 24.0 Å². The van der Waals surface area contributed by atoms with Crippen LogP contribution in [0.15, 0.2) is 23.2 Å². The molecule has 1 N–H and O–H groups in total. The lowest BCUT2D eigenvalue weighted by atomic mass is 10.2. The maximum absolute atomic E-state index is 5.44. The molecule has 1 aromatic rings. The van der Waals surface area contributed by atoms with Crippen molar-refractivity contribution in [2.75, 3.05) is 32.2 Å². The van der Waals surface area contributed by atoms with E-state index in [-0.39, 0.29) is 24.0 Å². The van der Waals surface area contributed by atoms with Crippen LogP contribution in [0.4, 0.5) is 0 Å². The fourth-order valence-corrected chi connectivity index (χ4v) is 3.97. The molecule has 2 aliphatic heterocycles. The first-order valence-electron chi connectivity index (χ1n) is 8.33. The number of thioether (sulfide) groups is 1. The van der Waals surface area contributed by atoms with Crippen molar-refractivity contribution >= 4 is 41.7 Å². The van der Waals surface area contributed by atoms with Crippen molar-refractivity contribution in [3.63, 3.8) is 0 Å². The van der Waals surface area contributed by atoms with E-state index in [0.717, 1.165) is 42.7 Å². The van der Waals surface area contributed by atoms with Gasteiger partial charge >= 0.3 is 0 Å². The Labute approximate surface area is 165 Å². The highest BCUT2D eigenvalue weighted by Crippen LogP contribution is 2.32. The van der Waals surface area contributed by atoms with Gasteiger partial charge in [-0.1, -0.05) is 13.0 Å². The molecule has 5 nitrogen and oxygen atoms in total. The number of hydrogen-bond acceptors (Lipinski definition) is 4. The number of nitrogens with zero attached hydrogens (tertiary/aromatic N) is 2. The summed E-state index contributed by atoms with van der Waals surface area (Å²) in [7, 11) is 0. The number of aliphatic imine (C=N–C) groups is 1. The van der Waals surface area contributed by atoms with Crippen molar-refractivity contribution in [1.82, 2.24) is 10.2 Å². The molecule has 1 unspecified atom stereocenters. The molecule has 7 heteroatoms. The molecule has 134 valence electrons. The maximum Gasteiger partial charge on any atom is 0.231 e. The van der Waals surface area contributed by atoms with Crippen molar-refractivity contribution in [2.45, 2.75) is 32.1 Å². The zero-order chi connectivity index (χ0) is 16.1. The van der Waals surface area contributed by atoms with E-state index >= 15 is 0 Å². The number of hydrogen-bond donors (Lipinski definition) is 1. The Kier molecular flexibility index (Phi) is 7.80.